The number of aliphatic hydroxyl groups excluding tert-OH is 1. The number of carbonyl (C=O) groups excluding carboxylic acids is 1. The van der Waals surface area contributed by atoms with Crippen LogP contribution in [0.5, 0.6) is 11.5 Å². The van der Waals surface area contributed by atoms with E-state index < -0.39 is 5.97 Å². The fourth-order valence-corrected chi connectivity index (χ4v) is 3.88. The normalized spacial score (nSPS) is 16.3. The summed E-state index contributed by atoms with van der Waals surface area (Å²) in [6.45, 7) is 1.89. The molecule has 3 rings (SSSR count). The zero-order valence-electron chi connectivity index (χ0n) is 16.6. The molecule has 1 heterocycles. The fourth-order valence-electron chi connectivity index (χ4n) is 2.72. The number of thioether (sulfide) groups is 1. The van der Waals surface area contributed by atoms with E-state index in [-0.39, 0.29) is 17.9 Å². The summed E-state index contributed by atoms with van der Waals surface area (Å²) >= 11 is 7.11. The molecule has 0 bridgehead atoms. The van der Waals surface area contributed by atoms with Gasteiger partial charge in [0.05, 0.1) is 31.4 Å². The van der Waals surface area contributed by atoms with Crippen LogP contribution >= 0.6 is 23.4 Å². The SMILES string of the molecule is CCOC(=O)C1=C(O)/C(=C/c2ccc(OC)c(OC)c2)SC1=Nc1ccc(Cl)cc1. The zero-order valence-corrected chi connectivity index (χ0v) is 18.2. The summed E-state index contributed by atoms with van der Waals surface area (Å²) in [5.41, 5.74) is 1.39. The monoisotopic (exact) mass is 445 g/mol. The molecular weight excluding hydrogens is 426 g/mol. The number of ether oxygens (including phenoxy) is 3. The van der Waals surface area contributed by atoms with Crippen molar-refractivity contribution in [2.45, 2.75) is 6.92 Å². The molecule has 30 heavy (non-hydrogen) atoms. The maximum Gasteiger partial charge on any atom is 0.344 e. The van der Waals surface area contributed by atoms with E-state index in [0.29, 0.717) is 32.2 Å². The highest BCUT2D eigenvalue weighted by molar-refractivity contribution is 8.18. The van der Waals surface area contributed by atoms with E-state index in [1.54, 1.807) is 63.6 Å². The lowest BCUT2D eigenvalue weighted by molar-refractivity contribution is -0.138. The van der Waals surface area contributed by atoms with Crippen LogP contribution in [0, 0.1) is 0 Å². The first-order chi connectivity index (χ1) is 14.5. The van der Waals surface area contributed by atoms with Gasteiger partial charge in [-0.25, -0.2) is 9.79 Å². The molecule has 1 aliphatic rings. The largest absolute Gasteiger partial charge is 0.506 e. The second kappa shape index (κ2) is 9.73. The minimum absolute atomic E-state index is 0.0310. The summed E-state index contributed by atoms with van der Waals surface area (Å²) < 4.78 is 15.7. The minimum Gasteiger partial charge on any atom is -0.506 e. The predicted molar refractivity (Wildman–Crippen MR) is 120 cm³/mol. The Bertz CT molecular complexity index is 1040. The number of hydrogen-bond acceptors (Lipinski definition) is 7. The number of rotatable bonds is 6. The van der Waals surface area contributed by atoms with Crippen molar-refractivity contribution >= 4 is 46.1 Å². The molecule has 0 aromatic heterocycles. The van der Waals surface area contributed by atoms with E-state index in [2.05, 4.69) is 4.99 Å². The second-order valence-electron chi connectivity index (χ2n) is 6.06. The highest BCUT2D eigenvalue weighted by atomic mass is 35.5. The molecule has 1 N–H and O–H groups in total. The van der Waals surface area contributed by atoms with Gasteiger partial charge in [0.1, 0.15) is 16.4 Å². The lowest BCUT2D eigenvalue weighted by Gasteiger charge is -2.08. The third-order valence-corrected chi connectivity index (χ3v) is 5.40. The van der Waals surface area contributed by atoms with Gasteiger partial charge in [0.25, 0.3) is 0 Å². The number of halogens is 1. The van der Waals surface area contributed by atoms with Crippen LogP contribution in [0.25, 0.3) is 6.08 Å². The van der Waals surface area contributed by atoms with Crippen LogP contribution in [-0.4, -0.2) is 36.9 Å². The van der Waals surface area contributed by atoms with Crippen LogP contribution in [-0.2, 0) is 9.53 Å². The van der Waals surface area contributed by atoms with Gasteiger partial charge in [-0.15, -0.1) is 0 Å². The van der Waals surface area contributed by atoms with Crippen molar-refractivity contribution in [1.29, 1.82) is 0 Å². The van der Waals surface area contributed by atoms with E-state index in [9.17, 15) is 9.90 Å². The number of nitrogens with zero attached hydrogens (tertiary/aromatic N) is 1. The zero-order chi connectivity index (χ0) is 21.7. The summed E-state index contributed by atoms with van der Waals surface area (Å²) in [5.74, 6) is 0.335. The van der Waals surface area contributed by atoms with Crippen LogP contribution in [0.2, 0.25) is 5.02 Å². The van der Waals surface area contributed by atoms with Crippen molar-refractivity contribution in [1.82, 2.24) is 0 Å². The number of aliphatic imine (C=N–C) groups is 1. The Hall–Kier alpha value is -2.90. The number of esters is 1. The summed E-state index contributed by atoms with van der Waals surface area (Å²) in [4.78, 5) is 17.4. The van der Waals surface area contributed by atoms with Gasteiger partial charge in [-0.3, -0.25) is 0 Å². The molecule has 156 valence electrons. The van der Waals surface area contributed by atoms with Gasteiger partial charge < -0.3 is 19.3 Å². The molecule has 0 atom stereocenters. The van der Waals surface area contributed by atoms with Crippen molar-refractivity contribution in [3.63, 3.8) is 0 Å². The molecule has 0 aliphatic carbocycles. The van der Waals surface area contributed by atoms with Crippen LogP contribution in [0.4, 0.5) is 5.69 Å². The van der Waals surface area contributed by atoms with Gasteiger partial charge in [-0.05, 0) is 55.0 Å². The molecule has 0 amide bonds. The van der Waals surface area contributed by atoms with Crippen LogP contribution < -0.4 is 9.47 Å². The molecule has 2 aromatic rings. The van der Waals surface area contributed by atoms with Crippen molar-refractivity contribution in [3.8, 4) is 11.5 Å². The maximum absolute atomic E-state index is 12.5. The first-order valence-corrected chi connectivity index (χ1v) is 10.2. The second-order valence-corrected chi connectivity index (χ2v) is 7.53. The van der Waals surface area contributed by atoms with Crippen molar-refractivity contribution < 1.29 is 24.1 Å². The van der Waals surface area contributed by atoms with Gasteiger partial charge in [-0.1, -0.05) is 29.4 Å². The number of methoxy groups -OCH3 is 2. The Kier molecular flexibility index (Phi) is 7.07. The Labute approximate surface area is 183 Å². The van der Waals surface area contributed by atoms with E-state index in [4.69, 9.17) is 25.8 Å². The first kappa shape index (κ1) is 21.8. The summed E-state index contributed by atoms with van der Waals surface area (Å²) in [6, 6.07) is 12.2. The average Bonchev–Trinajstić information content (AvgIpc) is 3.04. The third kappa shape index (κ3) is 4.80. The number of hydrogen-bond donors (Lipinski definition) is 1. The molecule has 8 heteroatoms. The van der Waals surface area contributed by atoms with Crippen molar-refractivity contribution in [2.75, 3.05) is 20.8 Å². The van der Waals surface area contributed by atoms with Crippen LogP contribution in [0.15, 0.2) is 63.7 Å². The molecule has 0 saturated heterocycles. The standard InChI is InChI=1S/C22H20ClNO5S/c1-4-29-22(26)19-20(25)18(12-13-5-10-16(27-2)17(11-13)28-3)30-21(19)24-15-8-6-14(23)7-9-15/h5-12,25H,4H2,1-3H3/b18-12-,24-21?. The van der Waals surface area contributed by atoms with Gasteiger partial charge in [0.15, 0.2) is 11.5 Å². The lowest BCUT2D eigenvalue weighted by atomic mass is 10.1. The number of aliphatic hydroxyl groups is 1. The van der Waals surface area contributed by atoms with Gasteiger partial charge in [0, 0.05) is 5.02 Å². The van der Waals surface area contributed by atoms with Gasteiger partial charge in [-0.2, -0.15) is 0 Å². The Morgan fingerprint density at radius 1 is 1.13 bits per heavy atom. The first-order valence-electron chi connectivity index (χ1n) is 9.03. The van der Waals surface area contributed by atoms with Crippen LogP contribution in [0.3, 0.4) is 0 Å². The summed E-state index contributed by atoms with van der Waals surface area (Å²) in [6.07, 6.45) is 1.74. The highest BCUT2D eigenvalue weighted by Gasteiger charge is 2.33. The van der Waals surface area contributed by atoms with Crippen LogP contribution in [0.1, 0.15) is 12.5 Å². The van der Waals surface area contributed by atoms with E-state index in [1.165, 1.54) is 11.8 Å². The molecule has 1 aliphatic heterocycles. The summed E-state index contributed by atoms with van der Waals surface area (Å²) in [5, 5.41) is 11.7. The van der Waals surface area contributed by atoms with E-state index in [1.807, 2.05) is 6.07 Å². The van der Waals surface area contributed by atoms with E-state index in [0.717, 1.165) is 5.56 Å². The minimum atomic E-state index is -0.633. The Morgan fingerprint density at radius 3 is 2.47 bits per heavy atom. The molecule has 0 unspecified atom stereocenters. The summed E-state index contributed by atoms with van der Waals surface area (Å²) in [7, 11) is 3.11. The molecular formula is C22H20ClNO5S. The molecule has 0 radical (unpaired) electrons. The molecule has 0 fully saturated rings. The average molecular weight is 446 g/mol. The van der Waals surface area contributed by atoms with Crippen molar-refractivity contribution in [2.24, 2.45) is 4.99 Å². The smallest absolute Gasteiger partial charge is 0.344 e. The topological polar surface area (TPSA) is 77.4 Å². The van der Waals surface area contributed by atoms with E-state index >= 15 is 0 Å². The molecule has 6 nitrogen and oxygen atoms in total. The molecule has 0 saturated carbocycles. The van der Waals surface area contributed by atoms with Gasteiger partial charge >= 0.3 is 5.97 Å². The highest BCUT2D eigenvalue weighted by Crippen LogP contribution is 2.41. The molecule has 0 spiro atoms. The predicted octanol–water partition coefficient (Wildman–Crippen LogP) is 5.55. The fraction of sp³-hybridized carbons (Fsp3) is 0.182. The Balaban J connectivity index is 2.03. The number of benzene rings is 2. The number of carbonyl (C=O) groups is 1. The quantitative estimate of drug-likeness (QED) is 0.587. The van der Waals surface area contributed by atoms with Gasteiger partial charge in [0.2, 0.25) is 0 Å². The van der Waals surface area contributed by atoms with Crippen molar-refractivity contribution in [3.05, 3.63) is 69.3 Å². The third-order valence-electron chi connectivity index (χ3n) is 4.13. The maximum atomic E-state index is 12.5. The Morgan fingerprint density at radius 2 is 1.83 bits per heavy atom. The lowest BCUT2D eigenvalue weighted by Crippen LogP contribution is -2.12. The molecule has 2 aromatic carbocycles.